The topological polar surface area (TPSA) is 34.9 Å². The van der Waals surface area contributed by atoms with Gasteiger partial charge in [-0.05, 0) is 19.1 Å². The van der Waals surface area contributed by atoms with Gasteiger partial charge < -0.3 is 0 Å². The molecule has 0 aliphatic carbocycles. The van der Waals surface area contributed by atoms with Gasteiger partial charge in [0.2, 0.25) is 0 Å². The van der Waals surface area contributed by atoms with Gasteiger partial charge in [0.15, 0.2) is 6.29 Å². The van der Waals surface area contributed by atoms with Crippen LogP contribution in [0.1, 0.15) is 16.1 Å². The second kappa shape index (κ2) is 3.20. The monoisotopic (exact) mass is 252 g/mol. The van der Waals surface area contributed by atoms with Gasteiger partial charge in [-0.1, -0.05) is 15.9 Å². The van der Waals surface area contributed by atoms with Crippen molar-refractivity contribution >= 4 is 33.1 Å². The Balaban J connectivity index is 2.98. The van der Waals surface area contributed by atoms with Crippen LogP contribution in [0.25, 0.3) is 10.9 Å². The van der Waals surface area contributed by atoms with Gasteiger partial charge in [0, 0.05) is 28.2 Å². The molecule has 1 aromatic carbocycles. The Morgan fingerprint density at radius 2 is 2.21 bits per heavy atom. The van der Waals surface area contributed by atoms with E-state index in [-0.39, 0.29) is 0 Å². The Kier molecular flexibility index (Phi) is 2.15. The van der Waals surface area contributed by atoms with Crippen LogP contribution in [0.2, 0.25) is 0 Å². The third-order valence-corrected chi connectivity index (χ3v) is 3.04. The fourth-order valence-corrected chi connectivity index (χ4v) is 2.12. The molecule has 14 heavy (non-hydrogen) atoms. The lowest BCUT2D eigenvalue weighted by Crippen LogP contribution is -1.91. The molecule has 3 nitrogen and oxygen atoms in total. The van der Waals surface area contributed by atoms with Gasteiger partial charge in [0.1, 0.15) is 5.52 Å². The molecule has 0 radical (unpaired) electrons. The average Bonchev–Trinajstić information content (AvgIpc) is 2.45. The van der Waals surface area contributed by atoms with Crippen molar-refractivity contribution in [2.24, 2.45) is 7.05 Å². The first-order valence-corrected chi connectivity index (χ1v) is 5.01. The molecule has 0 bridgehead atoms. The van der Waals surface area contributed by atoms with E-state index < -0.39 is 0 Å². The number of aromatic nitrogens is 2. The first-order chi connectivity index (χ1) is 6.65. The van der Waals surface area contributed by atoms with Gasteiger partial charge in [0.25, 0.3) is 0 Å². The first-order valence-electron chi connectivity index (χ1n) is 4.22. The summed E-state index contributed by atoms with van der Waals surface area (Å²) in [5, 5.41) is 5.31. The molecule has 0 spiro atoms. The van der Waals surface area contributed by atoms with E-state index in [0.29, 0.717) is 5.56 Å². The number of aldehydes is 1. The zero-order valence-electron chi connectivity index (χ0n) is 7.91. The Morgan fingerprint density at radius 1 is 1.50 bits per heavy atom. The number of rotatable bonds is 1. The molecular weight excluding hydrogens is 244 g/mol. The molecule has 0 unspecified atom stereocenters. The molecule has 0 saturated carbocycles. The van der Waals surface area contributed by atoms with Crippen LogP contribution in [0.4, 0.5) is 0 Å². The summed E-state index contributed by atoms with van der Waals surface area (Å²) in [5.74, 6) is 0. The summed E-state index contributed by atoms with van der Waals surface area (Å²) >= 11 is 3.46. The molecule has 0 fully saturated rings. The first kappa shape index (κ1) is 9.40. The van der Waals surface area contributed by atoms with Crippen molar-refractivity contribution in [3.63, 3.8) is 0 Å². The van der Waals surface area contributed by atoms with Crippen LogP contribution in [0, 0.1) is 6.92 Å². The van der Waals surface area contributed by atoms with Crippen molar-refractivity contribution in [2.75, 3.05) is 0 Å². The van der Waals surface area contributed by atoms with Crippen LogP contribution in [0.15, 0.2) is 16.6 Å². The number of carbonyl (C=O) groups excluding carboxylic acids is 1. The maximum Gasteiger partial charge on any atom is 0.152 e. The van der Waals surface area contributed by atoms with E-state index in [1.165, 1.54) is 0 Å². The molecule has 72 valence electrons. The Hall–Kier alpha value is -1.16. The number of fused-ring (bicyclic) bond motifs is 1. The van der Waals surface area contributed by atoms with Crippen LogP contribution in [0.3, 0.4) is 0 Å². The quantitative estimate of drug-likeness (QED) is 0.731. The highest BCUT2D eigenvalue weighted by Gasteiger charge is 2.11. The number of aryl methyl sites for hydroxylation is 2. The van der Waals surface area contributed by atoms with Crippen LogP contribution < -0.4 is 0 Å². The van der Waals surface area contributed by atoms with Gasteiger partial charge in [-0.2, -0.15) is 5.10 Å². The smallest absolute Gasteiger partial charge is 0.152 e. The molecule has 0 atom stereocenters. The molecular formula is C10H9BrN2O. The SMILES string of the molecule is Cc1c2c(Br)ccc(C=O)c2nn1C. The van der Waals surface area contributed by atoms with Crippen molar-refractivity contribution in [3.05, 3.63) is 27.9 Å². The number of carbonyl (C=O) groups is 1. The predicted octanol–water partition coefficient (Wildman–Crippen LogP) is 2.46. The number of hydrogen-bond donors (Lipinski definition) is 0. The summed E-state index contributed by atoms with van der Waals surface area (Å²) in [5.41, 5.74) is 2.44. The molecule has 1 aromatic heterocycles. The van der Waals surface area contributed by atoms with E-state index in [9.17, 15) is 4.79 Å². The summed E-state index contributed by atoms with van der Waals surface area (Å²) in [4.78, 5) is 10.8. The van der Waals surface area contributed by atoms with Crippen LogP contribution in [0.5, 0.6) is 0 Å². The van der Waals surface area contributed by atoms with E-state index in [4.69, 9.17) is 0 Å². The third kappa shape index (κ3) is 1.18. The molecule has 0 saturated heterocycles. The second-order valence-corrected chi connectivity index (χ2v) is 4.04. The van der Waals surface area contributed by atoms with E-state index in [2.05, 4.69) is 21.0 Å². The summed E-state index contributed by atoms with van der Waals surface area (Å²) in [6.07, 6.45) is 0.835. The van der Waals surface area contributed by atoms with Crippen molar-refractivity contribution in [1.82, 2.24) is 9.78 Å². The van der Waals surface area contributed by atoms with Crippen molar-refractivity contribution in [3.8, 4) is 0 Å². The number of halogens is 1. The van der Waals surface area contributed by atoms with Gasteiger partial charge in [-0.15, -0.1) is 0 Å². The second-order valence-electron chi connectivity index (χ2n) is 3.19. The van der Waals surface area contributed by atoms with Crippen LogP contribution in [-0.2, 0) is 7.05 Å². The molecule has 0 aliphatic rings. The van der Waals surface area contributed by atoms with Crippen molar-refractivity contribution in [1.29, 1.82) is 0 Å². The summed E-state index contributed by atoms with van der Waals surface area (Å²) in [6, 6.07) is 3.65. The number of benzene rings is 1. The molecule has 4 heteroatoms. The van der Waals surface area contributed by atoms with E-state index in [1.807, 2.05) is 20.0 Å². The Morgan fingerprint density at radius 3 is 2.86 bits per heavy atom. The summed E-state index contributed by atoms with van der Waals surface area (Å²) in [7, 11) is 1.87. The number of hydrogen-bond acceptors (Lipinski definition) is 2. The third-order valence-electron chi connectivity index (χ3n) is 2.38. The van der Waals surface area contributed by atoms with Gasteiger partial charge >= 0.3 is 0 Å². The van der Waals surface area contributed by atoms with Crippen LogP contribution in [-0.4, -0.2) is 16.1 Å². The molecule has 1 heterocycles. The maximum atomic E-state index is 10.8. The molecule has 0 amide bonds. The highest BCUT2D eigenvalue weighted by atomic mass is 79.9. The maximum absolute atomic E-state index is 10.8. The fourth-order valence-electron chi connectivity index (χ4n) is 1.52. The molecule has 0 aliphatic heterocycles. The lowest BCUT2D eigenvalue weighted by molar-refractivity contribution is 0.112. The molecule has 2 rings (SSSR count). The predicted molar refractivity (Wildman–Crippen MR) is 58.5 cm³/mol. The Bertz CT molecular complexity index is 516. The standard InChI is InChI=1S/C10H9BrN2O/c1-6-9-8(11)4-3-7(5-14)10(9)12-13(6)2/h3-5H,1-2H3. The lowest BCUT2D eigenvalue weighted by Gasteiger charge is -1.96. The highest BCUT2D eigenvalue weighted by Crippen LogP contribution is 2.28. The number of nitrogens with zero attached hydrogens (tertiary/aromatic N) is 2. The lowest BCUT2D eigenvalue weighted by atomic mass is 10.1. The van der Waals surface area contributed by atoms with E-state index in [0.717, 1.165) is 27.4 Å². The van der Waals surface area contributed by atoms with Gasteiger partial charge in [0.05, 0.1) is 0 Å². The minimum absolute atomic E-state index is 0.631. The molecule has 0 N–H and O–H groups in total. The summed E-state index contributed by atoms with van der Waals surface area (Å²) < 4.78 is 2.76. The Labute approximate surface area is 89.8 Å². The van der Waals surface area contributed by atoms with Gasteiger partial charge in [-0.3, -0.25) is 9.48 Å². The normalized spacial score (nSPS) is 10.8. The zero-order valence-corrected chi connectivity index (χ0v) is 9.50. The zero-order chi connectivity index (χ0) is 10.3. The van der Waals surface area contributed by atoms with E-state index >= 15 is 0 Å². The van der Waals surface area contributed by atoms with Gasteiger partial charge in [-0.25, -0.2) is 0 Å². The van der Waals surface area contributed by atoms with E-state index in [1.54, 1.807) is 10.7 Å². The fraction of sp³-hybridized carbons (Fsp3) is 0.200. The van der Waals surface area contributed by atoms with Crippen molar-refractivity contribution < 1.29 is 4.79 Å². The molecule has 2 aromatic rings. The highest BCUT2D eigenvalue weighted by molar-refractivity contribution is 9.10. The van der Waals surface area contributed by atoms with Crippen molar-refractivity contribution in [2.45, 2.75) is 6.92 Å². The largest absolute Gasteiger partial charge is 0.298 e. The van der Waals surface area contributed by atoms with Crippen LogP contribution >= 0.6 is 15.9 Å². The minimum Gasteiger partial charge on any atom is -0.298 e. The minimum atomic E-state index is 0.631. The average molecular weight is 253 g/mol. The summed E-state index contributed by atoms with van der Waals surface area (Å²) in [6.45, 7) is 1.98.